The van der Waals surface area contributed by atoms with Crippen LogP contribution in [0.25, 0.3) is 0 Å². The van der Waals surface area contributed by atoms with Crippen molar-refractivity contribution >= 4 is 11.8 Å². The molecule has 1 aliphatic heterocycles. The number of phenols is 1. The summed E-state index contributed by atoms with van der Waals surface area (Å²) in [7, 11) is 0. The van der Waals surface area contributed by atoms with Gasteiger partial charge in [-0.25, -0.2) is 0 Å². The van der Waals surface area contributed by atoms with Gasteiger partial charge in [-0.1, -0.05) is 19.9 Å². The van der Waals surface area contributed by atoms with Crippen molar-refractivity contribution in [3.8, 4) is 5.75 Å². The quantitative estimate of drug-likeness (QED) is 0.639. The largest absolute Gasteiger partial charge is 0.508 e. The summed E-state index contributed by atoms with van der Waals surface area (Å²) in [5.74, 6) is 0.626. The number of carbonyl (C=O) groups is 2. The van der Waals surface area contributed by atoms with Gasteiger partial charge in [0, 0.05) is 23.9 Å². The number of carbonyl (C=O) groups excluding carboxylic acids is 2. The Kier molecular flexibility index (Phi) is 5.56. The second kappa shape index (κ2) is 7.88. The molecule has 0 radical (unpaired) electrons. The van der Waals surface area contributed by atoms with Crippen LogP contribution in [0.3, 0.4) is 0 Å². The van der Waals surface area contributed by atoms with E-state index in [9.17, 15) is 14.7 Å². The molecule has 6 heteroatoms. The van der Waals surface area contributed by atoms with E-state index in [1.807, 2.05) is 13.0 Å². The van der Waals surface area contributed by atoms with Crippen LogP contribution in [0.15, 0.2) is 18.2 Å². The van der Waals surface area contributed by atoms with Crippen molar-refractivity contribution in [2.24, 2.45) is 23.5 Å². The van der Waals surface area contributed by atoms with E-state index >= 15 is 0 Å². The van der Waals surface area contributed by atoms with E-state index in [4.69, 9.17) is 5.73 Å². The van der Waals surface area contributed by atoms with Crippen LogP contribution >= 0.6 is 0 Å². The van der Waals surface area contributed by atoms with E-state index in [1.54, 1.807) is 13.0 Å². The minimum atomic E-state index is -0.675. The van der Waals surface area contributed by atoms with Gasteiger partial charge in [-0.2, -0.15) is 0 Å². The maximum atomic E-state index is 12.8. The summed E-state index contributed by atoms with van der Waals surface area (Å²) in [4.78, 5) is 26.9. The average Bonchev–Trinajstić information content (AvgIpc) is 3.50. The van der Waals surface area contributed by atoms with Crippen LogP contribution in [0.5, 0.6) is 5.75 Å². The highest BCUT2D eigenvalue weighted by Gasteiger charge is 2.52. The van der Waals surface area contributed by atoms with Crippen molar-refractivity contribution in [2.45, 2.75) is 70.4 Å². The fraction of sp³-hybridized carbons (Fsp3) is 0.667. The first-order chi connectivity index (χ1) is 14.2. The number of rotatable bonds is 7. The zero-order valence-electron chi connectivity index (χ0n) is 18.4. The number of fused-ring (bicyclic) bond motifs is 4. The molecule has 6 nitrogen and oxygen atoms in total. The fourth-order valence-electron chi connectivity index (χ4n) is 5.86. The van der Waals surface area contributed by atoms with Crippen molar-refractivity contribution in [1.82, 2.24) is 10.2 Å². The van der Waals surface area contributed by atoms with E-state index < -0.39 is 11.9 Å². The Labute approximate surface area is 179 Å². The van der Waals surface area contributed by atoms with Gasteiger partial charge in [0.15, 0.2) is 0 Å². The third-order valence-corrected chi connectivity index (χ3v) is 7.92. The third kappa shape index (κ3) is 3.82. The van der Waals surface area contributed by atoms with Crippen molar-refractivity contribution < 1.29 is 14.7 Å². The first kappa shape index (κ1) is 21.2. The van der Waals surface area contributed by atoms with Gasteiger partial charge in [-0.05, 0) is 80.7 Å². The number of likely N-dealkylation sites (tertiary alicyclic amines) is 1. The second-order valence-corrected chi connectivity index (χ2v) is 9.98. The number of nitrogens with two attached hydrogens (primary N) is 1. The Bertz CT molecular complexity index is 837. The van der Waals surface area contributed by atoms with Gasteiger partial charge in [0.2, 0.25) is 11.8 Å². The maximum Gasteiger partial charge on any atom is 0.239 e. The molecule has 1 heterocycles. The molecule has 2 fully saturated rings. The molecule has 1 aromatic carbocycles. The normalized spacial score (nSPS) is 30.2. The average molecular weight is 414 g/mol. The number of amides is 2. The van der Waals surface area contributed by atoms with Crippen LogP contribution in [-0.4, -0.2) is 47.0 Å². The Hall–Kier alpha value is -2.08. The SMILES string of the molecule is CC(C[C@@]12CCN(CC3CC3)C(Cc3ccc(O)cc31)[C@@H]2C)C(=O)N[C@@H](C)C(N)=O. The molecule has 2 amide bonds. The summed E-state index contributed by atoms with van der Waals surface area (Å²) >= 11 is 0. The first-order valence-electron chi connectivity index (χ1n) is 11.4. The predicted molar refractivity (Wildman–Crippen MR) is 116 cm³/mol. The van der Waals surface area contributed by atoms with Gasteiger partial charge >= 0.3 is 0 Å². The molecule has 3 aliphatic rings. The lowest BCUT2D eigenvalue weighted by Crippen LogP contribution is -2.60. The lowest BCUT2D eigenvalue weighted by molar-refractivity contribution is -0.130. The number of hydrogen-bond acceptors (Lipinski definition) is 4. The highest BCUT2D eigenvalue weighted by molar-refractivity contribution is 5.87. The first-order valence-corrected chi connectivity index (χ1v) is 11.4. The number of primary amides is 1. The Balaban J connectivity index is 1.62. The monoisotopic (exact) mass is 413 g/mol. The van der Waals surface area contributed by atoms with Crippen LogP contribution in [0.4, 0.5) is 0 Å². The van der Waals surface area contributed by atoms with Crippen molar-refractivity contribution in [1.29, 1.82) is 0 Å². The Morgan fingerprint density at radius 3 is 2.73 bits per heavy atom. The molecule has 1 saturated carbocycles. The van der Waals surface area contributed by atoms with E-state index in [1.165, 1.54) is 30.5 Å². The number of nitrogens with zero attached hydrogens (tertiary/aromatic N) is 1. The molecule has 30 heavy (non-hydrogen) atoms. The molecule has 2 bridgehead atoms. The number of piperidine rings is 1. The van der Waals surface area contributed by atoms with Gasteiger partial charge < -0.3 is 16.2 Å². The molecule has 0 aromatic heterocycles. The molecule has 0 spiro atoms. The molecule has 1 aromatic rings. The molecular formula is C24H35N3O3. The molecule has 2 aliphatic carbocycles. The second-order valence-electron chi connectivity index (χ2n) is 9.98. The molecule has 2 unspecified atom stereocenters. The van der Waals surface area contributed by atoms with Gasteiger partial charge in [-0.15, -0.1) is 0 Å². The van der Waals surface area contributed by atoms with E-state index in [2.05, 4.69) is 23.2 Å². The van der Waals surface area contributed by atoms with E-state index in [-0.39, 0.29) is 17.2 Å². The molecule has 4 N–H and O–H groups in total. The topological polar surface area (TPSA) is 95.7 Å². The summed E-state index contributed by atoms with van der Waals surface area (Å²) in [5, 5.41) is 13.0. The predicted octanol–water partition coefficient (Wildman–Crippen LogP) is 2.32. The zero-order chi connectivity index (χ0) is 21.6. The van der Waals surface area contributed by atoms with Crippen LogP contribution in [0, 0.1) is 17.8 Å². The standard InChI is InChI=1S/C24H35N3O3/c1-14(23(30)26-16(3)22(25)29)12-24-8-9-27(13-17-4-5-17)21(15(24)2)10-18-6-7-19(28)11-20(18)24/h6-7,11,14-17,21,28H,4-5,8-10,12-13H2,1-3H3,(H2,25,29)(H,26,30)/t14?,15-,16-,21?,24+/m0/s1. The summed E-state index contributed by atoms with van der Waals surface area (Å²) in [6.45, 7) is 8.10. The smallest absolute Gasteiger partial charge is 0.239 e. The summed E-state index contributed by atoms with van der Waals surface area (Å²) in [5.41, 5.74) is 7.68. The molecule has 164 valence electrons. The van der Waals surface area contributed by atoms with Crippen LogP contribution in [0.1, 0.15) is 57.6 Å². The lowest BCUT2D eigenvalue weighted by atomic mass is 9.55. The molecular weight excluding hydrogens is 378 g/mol. The lowest BCUT2D eigenvalue weighted by Gasteiger charge is -2.57. The zero-order valence-corrected chi connectivity index (χ0v) is 18.4. The Morgan fingerprint density at radius 1 is 1.33 bits per heavy atom. The van der Waals surface area contributed by atoms with Gasteiger partial charge in [0.1, 0.15) is 11.8 Å². The van der Waals surface area contributed by atoms with Crippen molar-refractivity contribution in [3.63, 3.8) is 0 Å². The Morgan fingerprint density at radius 2 is 2.07 bits per heavy atom. The number of benzene rings is 1. The van der Waals surface area contributed by atoms with Crippen molar-refractivity contribution in [2.75, 3.05) is 13.1 Å². The third-order valence-electron chi connectivity index (χ3n) is 7.92. The number of phenolic OH excluding ortho intramolecular Hbond substituents is 1. The van der Waals surface area contributed by atoms with E-state index in [0.29, 0.717) is 24.1 Å². The molecule has 5 atom stereocenters. The van der Waals surface area contributed by atoms with Crippen LogP contribution in [0.2, 0.25) is 0 Å². The van der Waals surface area contributed by atoms with Crippen LogP contribution < -0.4 is 11.1 Å². The van der Waals surface area contributed by atoms with Crippen LogP contribution in [-0.2, 0) is 21.4 Å². The molecule has 1 saturated heterocycles. The molecule has 4 rings (SSSR count). The van der Waals surface area contributed by atoms with Gasteiger partial charge in [0.25, 0.3) is 0 Å². The highest BCUT2D eigenvalue weighted by Crippen LogP contribution is 2.53. The minimum absolute atomic E-state index is 0.132. The minimum Gasteiger partial charge on any atom is -0.508 e. The summed E-state index contributed by atoms with van der Waals surface area (Å²) in [6.07, 6.45) is 5.39. The fourth-order valence-corrected chi connectivity index (χ4v) is 5.86. The maximum absolute atomic E-state index is 12.8. The van der Waals surface area contributed by atoms with E-state index in [0.717, 1.165) is 25.3 Å². The summed E-state index contributed by atoms with van der Waals surface area (Å²) < 4.78 is 0. The number of hydrogen-bond donors (Lipinski definition) is 3. The number of nitrogens with one attached hydrogen (secondary N) is 1. The van der Waals surface area contributed by atoms with Gasteiger partial charge in [0.05, 0.1) is 0 Å². The number of aromatic hydroxyl groups is 1. The van der Waals surface area contributed by atoms with Crippen molar-refractivity contribution in [3.05, 3.63) is 29.3 Å². The highest BCUT2D eigenvalue weighted by atomic mass is 16.3. The van der Waals surface area contributed by atoms with Gasteiger partial charge in [-0.3, -0.25) is 14.5 Å². The summed E-state index contributed by atoms with van der Waals surface area (Å²) in [6, 6.07) is 5.57.